The largest absolute Gasteiger partial charge is 0.465 e. The molecule has 0 unspecified atom stereocenters. The molecule has 0 amide bonds. The number of likely N-dealkylation sites (N-methyl/N-ethyl adjacent to an activating group) is 1. The highest BCUT2D eigenvalue weighted by Crippen LogP contribution is 2.22. The van der Waals surface area contributed by atoms with E-state index in [1.165, 1.54) is 32.1 Å². The standard InChI is InChI=1S/C15H23NO/c1-2-16(14-8-4-3-5-9-14)12-6-10-15-11-7-13-17-15/h6-7,10-11,13-14H,2-5,8-9,12H2,1H3/b10-6+. The highest BCUT2D eigenvalue weighted by Gasteiger charge is 2.18. The van der Waals surface area contributed by atoms with Crippen LogP contribution in [0.25, 0.3) is 6.08 Å². The van der Waals surface area contributed by atoms with Crippen LogP contribution in [0.5, 0.6) is 0 Å². The maximum atomic E-state index is 5.29. The molecule has 0 spiro atoms. The second kappa shape index (κ2) is 6.65. The van der Waals surface area contributed by atoms with Crippen LogP contribution in [0.2, 0.25) is 0 Å². The highest BCUT2D eigenvalue weighted by molar-refractivity contribution is 5.42. The Morgan fingerprint density at radius 2 is 2.18 bits per heavy atom. The van der Waals surface area contributed by atoms with Crippen molar-refractivity contribution in [1.82, 2.24) is 4.90 Å². The average Bonchev–Trinajstić information content (AvgIpc) is 2.89. The molecule has 1 aliphatic carbocycles. The maximum absolute atomic E-state index is 5.29. The van der Waals surface area contributed by atoms with Crippen molar-refractivity contribution in [2.45, 2.75) is 45.1 Å². The summed E-state index contributed by atoms with van der Waals surface area (Å²) in [5, 5.41) is 0. The zero-order valence-corrected chi connectivity index (χ0v) is 10.8. The van der Waals surface area contributed by atoms with E-state index in [2.05, 4.69) is 24.0 Å². The van der Waals surface area contributed by atoms with Gasteiger partial charge in [-0.2, -0.15) is 0 Å². The fraction of sp³-hybridized carbons (Fsp3) is 0.600. The summed E-state index contributed by atoms with van der Waals surface area (Å²) in [6.45, 7) is 4.45. The first-order chi connectivity index (χ1) is 8.40. The first-order valence-corrected chi connectivity index (χ1v) is 6.84. The van der Waals surface area contributed by atoms with E-state index in [4.69, 9.17) is 4.42 Å². The van der Waals surface area contributed by atoms with Crippen molar-refractivity contribution in [2.24, 2.45) is 0 Å². The fourth-order valence-electron chi connectivity index (χ4n) is 2.67. The van der Waals surface area contributed by atoms with E-state index in [1.807, 2.05) is 12.1 Å². The van der Waals surface area contributed by atoms with Crippen LogP contribution in [-0.4, -0.2) is 24.0 Å². The summed E-state index contributed by atoms with van der Waals surface area (Å²) in [4.78, 5) is 2.58. The highest BCUT2D eigenvalue weighted by atomic mass is 16.3. The van der Waals surface area contributed by atoms with Gasteiger partial charge in [0.15, 0.2) is 0 Å². The topological polar surface area (TPSA) is 16.4 Å². The molecule has 1 saturated carbocycles. The molecule has 17 heavy (non-hydrogen) atoms. The van der Waals surface area contributed by atoms with Crippen molar-refractivity contribution in [2.75, 3.05) is 13.1 Å². The van der Waals surface area contributed by atoms with Crippen LogP contribution >= 0.6 is 0 Å². The molecule has 0 aromatic carbocycles. The second-order valence-electron chi connectivity index (χ2n) is 4.80. The third kappa shape index (κ3) is 3.74. The van der Waals surface area contributed by atoms with Gasteiger partial charge in [-0.25, -0.2) is 0 Å². The molecule has 2 heteroatoms. The van der Waals surface area contributed by atoms with E-state index < -0.39 is 0 Å². The molecule has 1 aliphatic rings. The lowest BCUT2D eigenvalue weighted by atomic mass is 9.94. The van der Waals surface area contributed by atoms with Gasteiger partial charge in [-0.15, -0.1) is 0 Å². The van der Waals surface area contributed by atoms with Crippen molar-refractivity contribution in [3.63, 3.8) is 0 Å². The lowest BCUT2D eigenvalue weighted by molar-refractivity contribution is 0.181. The summed E-state index contributed by atoms with van der Waals surface area (Å²) in [5.41, 5.74) is 0. The van der Waals surface area contributed by atoms with Crippen molar-refractivity contribution in [3.8, 4) is 0 Å². The molecule has 2 rings (SSSR count). The van der Waals surface area contributed by atoms with E-state index >= 15 is 0 Å². The summed E-state index contributed by atoms with van der Waals surface area (Å²) >= 11 is 0. The Morgan fingerprint density at radius 1 is 1.35 bits per heavy atom. The molecule has 0 aliphatic heterocycles. The van der Waals surface area contributed by atoms with Gasteiger partial charge in [-0.05, 0) is 37.6 Å². The van der Waals surface area contributed by atoms with Crippen LogP contribution in [0.15, 0.2) is 28.9 Å². The predicted molar refractivity (Wildman–Crippen MR) is 71.9 cm³/mol. The minimum atomic E-state index is 0.801. The number of furan rings is 1. The monoisotopic (exact) mass is 233 g/mol. The molecule has 0 atom stereocenters. The third-order valence-electron chi connectivity index (χ3n) is 3.66. The first kappa shape index (κ1) is 12.4. The van der Waals surface area contributed by atoms with Crippen molar-refractivity contribution < 1.29 is 4.42 Å². The third-order valence-corrected chi connectivity index (χ3v) is 3.66. The van der Waals surface area contributed by atoms with E-state index in [9.17, 15) is 0 Å². The van der Waals surface area contributed by atoms with Crippen LogP contribution < -0.4 is 0 Å². The quantitative estimate of drug-likeness (QED) is 0.765. The van der Waals surface area contributed by atoms with Crippen LogP contribution in [0.3, 0.4) is 0 Å². The van der Waals surface area contributed by atoms with Gasteiger partial charge in [0.1, 0.15) is 5.76 Å². The van der Waals surface area contributed by atoms with Gasteiger partial charge in [0.05, 0.1) is 6.26 Å². The molecule has 0 bridgehead atoms. The number of hydrogen-bond donors (Lipinski definition) is 0. The average molecular weight is 233 g/mol. The Balaban J connectivity index is 1.82. The Bertz CT molecular complexity index is 323. The molecule has 0 N–H and O–H groups in total. The van der Waals surface area contributed by atoms with Gasteiger partial charge >= 0.3 is 0 Å². The predicted octanol–water partition coefficient (Wildman–Crippen LogP) is 3.95. The minimum absolute atomic E-state index is 0.801. The molecular weight excluding hydrogens is 210 g/mol. The van der Waals surface area contributed by atoms with Gasteiger partial charge in [-0.1, -0.05) is 32.3 Å². The van der Waals surface area contributed by atoms with E-state index in [-0.39, 0.29) is 0 Å². The molecule has 94 valence electrons. The SMILES string of the molecule is CCN(C/C=C/c1ccco1)C1CCCCC1. The van der Waals surface area contributed by atoms with Gasteiger partial charge in [0.25, 0.3) is 0 Å². The summed E-state index contributed by atoms with van der Waals surface area (Å²) in [6, 6.07) is 4.72. The molecule has 1 fully saturated rings. The molecule has 2 nitrogen and oxygen atoms in total. The number of hydrogen-bond acceptors (Lipinski definition) is 2. The van der Waals surface area contributed by atoms with Crippen LogP contribution in [0.1, 0.15) is 44.8 Å². The molecular formula is C15H23NO. The molecule has 0 radical (unpaired) electrons. The van der Waals surface area contributed by atoms with Gasteiger partial charge in [-0.3, -0.25) is 4.90 Å². The summed E-state index contributed by atoms with van der Waals surface area (Å²) in [5.74, 6) is 0.949. The molecule has 1 heterocycles. The van der Waals surface area contributed by atoms with Crippen molar-refractivity contribution in [1.29, 1.82) is 0 Å². The number of nitrogens with zero attached hydrogens (tertiary/aromatic N) is 1. The lowest BCUT2D eigenvalue weighted by Gasteiger charge is -2.32. The zero-order valence-electron chi connectivity index (χ0n) is 10.8. The van der Waals surface area contributed by atoms with Crippen molar-refractivity contribution in [3.05, 3.63) is 30.2 Å². The Hall–Kier alpha value is -1.02. The first-order valence-electron chi connectivity index (χ1n) is 6.84. The minimum Gasteiger partial charge on any atom is -0.465 e. The molecule has 1 aromatic rings. The van der Waals surface area contributed by atoms with Crippen molar-refractivity contribution >= 4 is 6.08 Å². The van der Waals surface area contributed by atoms with Gasteiger partial charge in [0, 0.05) is 12.6 Å². The van der Waals surface area contributed by atoms with Crippen LogP contribution in [0.4, 0.5) is 0 Å². The second-order valence-corrected chi connectivity index (χ2v) is 4.80. The number of rotatable bonds is 5. The lowest BCUT2D eigenvalue weighted by Crippen LogP contribution is -2.36. The smallest absolute Gasteiger partial charge is 0.126 e. The zero-order chi connectivity index (χ0) is 11.9. The van der Waals surface area contributed by atoms with Crippen LogP contribution in [-0.2, 0) is 0 Å². The Morgan fingerprint density at radius 3 is 2.82 bits per heavy atom. The molecule has 0 saturated heterocycles. The van der Waals surface area contributed by atoms with E-state index in [1.54, 1.807) is 6.26 Å². The van der Waals surface area contributed by atoms with Gasteiger partial charge in [0.2, 0.25) is 0 Å². The van der Waals surface area contributed by atoms with E-state index in [0.29, 0.717) is 0 Å². The maximum Gasteiger partial charge on any atom is 0.126 e. The van der Waals surface area contributed by atoms with Crippen LogP contribution in [0, 0.1) is 0 Å². The Kier molecular flexibility index (Phi) is 4.87. The summed E-state index contributed by atoms with van der Waals surface area (Å²) in [6.07, 6.45) is 13.0. The normalized spacial score (nSPS) is 18.2. The molecule has 1 aromatic heterocycles. The fourth-order valence-corrected chi connectivity index (χ4v) is 2.67. The Labute approximate surface area is 104 Å². The van der Waals surface area contributed by atoms with Gasteiger partial charge < -0.3 is 4.42 Å². The summed E-state index contributed by atoms with van der Waals surface area (Å²) in [7, 11) is 0. The summed E-state index contributed by atoms with van der Waals surface area (Å²) < 4.78 is 5.29. The van der Waals surface area contributed by atoms with E-state index in [0.717, 1.165) is 24.9 Å².